The third-order valence-electron chi connectivity index (χ3n) is 7.66. The predicted molar refractivity (Wildman–Crippen MR) is 88.8 cm³/mol. The van der Waals surface area contributed by atoms with E-state index in [1.165, 1.54) is 0 Å². The molecule has 0 bridgehead atoms. The summed E-state index contributed by atoms with van der Waals surface area (Å²) in [6.45, 7) is -0.289. The van der Waals surface area contributed by atoms with Gasteiger partial charge in [-0.15, -0.1) is 0 Å². The standard InChI is InChI=1S/C20H30O3/c1-19-9-7-13(21)11-12(19)3-4-14-15-5-6-17(18(22)23)20(15,2)10-8-16(14)19/h6,12-16,21H,3-5,7-11H2,1-2H3,(H,22,23)/t12?,13?,14-,15-,16-,19-,20-/m0/s1/i2D3,5D,6D/t5?,12?,13?,14-,15-,16-,19-,20-. The highest BCUT2D eigenvalue weighted by molar-refractivity contribution is 5.89. The Morgan fingerprint density at radius 2 is 2.17 bits per heavy atom. The average Bonchev–Trinajstić information content (AvgIpc) is 2.84. The summed E-state index contributed by atoms with van der Waals surface area (Å²) >= 11 is 0. The highest BCUT2D eigenvalue weighted by Crippen LogP contribution is 2.66. The van der Waals surface area contributed by atoms with E-state index in [4.69, 9.17) is 6.85 Å². The van der Waals surface area contributed by atoms with Gasteiger partial charge in [0, 0.05) is 16.5 Å². The number of hydrogen-bond acceptors (Lipinski definition) is 2. The summed E-state index contributed by atoms with van der Waals surface area (Å²) in [6.07, 6.45) is 3.53. The number of aliphatic hydroxyl groups excluding tert-OH is 1. The number of hydrogen-bond donors (Lipinski definition) is 2. The highest BCUT2D eigenvalue weighted by atomic mass is 16.4. The van der Waals surface area contributed by atoms with Gasteiger partial charge >= 0.3 is 5.97 Å². The van der Waals surface area contributed by atoms with Crippen molar-refractivity contribution in [1.29, 1.82) is 0 Å². The molecule has 0 aromatic rings. The molecule has 23 heavy (non-hydrogen) atoms. The van der Waals surface area contributed by atoms with Crippen LogP contribution in [0.25, 0.3) is 0 Å². The normalized spacial score (nSPS) is 59.5. The van der Waals surface area contributed by atoms with Gasteiger partial charge in [0.25, 0.3) is 0 Å². The summed E-state index contributed by atoms with van der Waals surface area (Å²) in [6, 6.07) is -0.305. The number of rotatable bonds is 1. The van der Waals surface area contributed by atoms with Gasteiger partial charge in [0.1, 0.15) is 0 Å². The summed E-state index contributed by atoms with van der Waals surface area (Å²) in [7, 11) is 0. The first-order valence-corrected chi connectivity index (χ1v) is 9.00. The van der Waals surface area contributed by atoms with E-state index < -0.39 is 30.6 Å². The summed E-state index contributed by atoms with van der Waals surface area (Å²) in [5.74, 6) is -1.41. The molecule has 2 N–H and O–H groups in total. The van der Waals surface area contributed by atoms with Crippen LogP contribution in [0.2, 0.25) is 0 Å². The van der Waals surface area contributed by atoms with Crippen LogP contribution in [0.4, 0.5) is 0 Å². The van der Waals surface area contributed by atoms with E-state index in [0.29, 0.717) is 12.3 Å². The number of aliphatic carboxylic acids is 1. The quantitative estimate of drug-likeness (QED) is 0.766. The highest BCUT2D eigenvalue weighted by Gasteiger charge is 2.59. The number of carboxylic acids is 1. The molecular weight excluding hydrogens is 288 g/mol. The molecule has 0 aliphatic heterocycles. The van der Waals surface area contributed by atoms with Crippen molar-refractivity contribution in [1.82, 2.24) is 0 Å². The number of carbonyl (C=O) groups is 1. The molecule has 128 valence electrons. The minimum Gasteiger partial charge on any atom is -0.478 e. The zero-order chi connectivity index (χ0) is 20.6. The summed E-state index contributed by atoms with van der Waals surface area (Å²) in [4.78, 5) is 12.0. The van der Waals surface area contributed by atoms with E-state index in [2.05, 4.69) is 6.92 Å². The maximum absolute atomic E-state index is 12.0. The van der Waals surface area contributed by atoms with Crippen LogP contribution in [0, 0.1) is 34.5 Å². The Bertz CT molecular complexity index is 719. The lowest BCUT2D eigenvalue weighted by Gasteiger charge is -2.60. The fraction of sp³-hybridized carbons (Fsp3) is 0.850. The van der Waals surface area contributed by atoms with Gasteiger partial charge in [0.2, 0.25) is 0 Å². The van der Waals surface area contributed by atoms with Gasteiger partial charge in [-0.3, -0.25) is 0 Å². The smallest absolute Gasteiger partial charge is 0.331 e. The number of aliphatic hydroxyl groups is 1. The molecule has 4 aliphatic carbocycles. The van der Waals surface area contributed by atoms with Gasteiger partial charge in [-0.2, -0.15) is 0 Å². The Hall–Kier alpha value is -0.830. The summed E-state index contributed by atoms with van der Waals surface area (Å²) in [5.41, 5.74) is -1.92. The van der Waals surface area contributed by atoms with Gasteiger partial charge in [0.15, 0.2) is 0 Å². The molecule has 0 aromatic carbocycles. The van der Waals surface area contributed by atoms with Gasteiger partial charge in [0.05, 0.1) is 7.47 Å². The molecule has 4 rings (SSSR count). The Labute approximate surface area is 146 Å². The first kappa shape index (κ1) is 10.9. The minimum absolute atomic E-state index is 0.00304. The van der Waals surface area contributed by atoms with Crippen LogP contribution in [0.5, 0.6) is 0 Å². The van der Waals surface area contributed by atoms with Crippen LogP contribution in [-0.4, -0.2) is 22.3 Å². The summed E-state index contributed by atoms with van der Waals surface area (Å²) in [5, 5.41) is 19.9. The van der Waals surface area contributed by atoms with E-state index in [9.17, 15) is 15.0 Å². The Balaban J connectivity index is 1.79. The molecule has 3 heteroatoms. The second-order valence-electron chi connectivity index (χ2n) is 8.51. The van der Waals surface area contributed by atoms with Crippen molar-refractivity contribution in [2.45, 2.75) is 71.2 Å². The van der Waals surface area contributed by atoms with Crippen LogP contribution < -0.4 is 0 Å². The number of allylic oxidation sites excluding steroid dienone is 1. The minimum atomic E-state index is -2.54. The topological polar surface area (TPSA) is 57.5 Å². The molecule has 3 fully saturated rings. The first-order valence-electron chi connectivity index (χ1n) is 11.6. The monoisotopic (exact) mass is 323 g/mol. The zero-order valence-electron chi connectivity index (χ0n) is 18.7. The van der Waals surface area contributed by atoms with Gasteiger partial charge in [-0.1, -0.05) is 19.8 Å². The zero-order valence-corrected chi connectivity index (χ0v) is 13.7. The van der Waals surface area contributed by atoms with Crippen LogP contribution in [0.15, 0.2) is 11.6 Å². The second kappa shape index (κ2) is 5.08. The molecule has 0 radical (unpaired) electrons. The SMILES string of the molecule is [2H]C1=C(C(=O)O)[C@@]2(C([2H])([2H])[2H])CC[C@H]3[C@@H](CCC4CC(O)CC[C@@]43C)[C@@H]2C1[2H]. The molecule has 0 spiro atoms. The molecular formula is C20H30O3. The molecule has 0 aromatic heterocycles. The first-order chi connectivity index (χ1) is 12.9. The summed E-state index contributed by atoms with van der Waals surface area (Å²) < 4.78 is 41.7. The largest absolute Gasteiger partial charge is 0.478 e. The molecule has 0 saturated heterocycles. The van der Waals surface area contributed by atoms with Crippen LogP contribution in [0.1, 0.15) is 72.0 Å². The molecule has 0 amide bonds. The molecule has 3 unspecified atom stereocenters. The maximum Gasteiger partial charge on any atom is 0.331 e. The van der Waals surface area contributed by atoms with Crippen molar-refractivity contribution >= 4 is 5.97 Å². The van der Waals surface area contributed by atoms with Gasteiger partial charge in [-0.05, 0) is 80.4 Å². The van der Waals surface area contributed by atoms with Crippen molar-refractivity contribution in [3.8, 4) is 0 Å². The number of fused-ring (bicyclic) bond motifs is 5. The molecule has 3 nitrogen and oxygen atoms in total. The van der Waals surface area contributed by atoms with Crippen molar-refractivity contribution < 1.29 is 21.9 Å². The lowest BCUT2D eigenvalue weighted by atomic mass is 9.44. The van der Waals surface area contributed by atoms with Crippen molar-refractivity contribution in [3.63, 3.8) is 0 Å². The average molecular weight is 323 g/mol. The second-order valence-corrected chi connectivity index (χ2v) is 8.51. The molecule has 3 saturated carbocycles. The van der Waals surface area contributed by atoms with Crippen molar-refractivity contribution in [2.75, 3.05) is 0 Å². The lowest BCUT2D eigenvalue weighted by Crippen LogP contribution is -2.53. The van der Waals surface area contributed by atoms with Crippen LogP contribution in [-0.2, 0) is 4.79 Å². The van der Waals surface area contributed by atoms with E-state index >= 15 is 0 Å². The predicted octanol–water partition coefficient (Wildman–Crippen LogP) is 4.01. The Morgan fingerprint density at radius 1 is 1.35 bits per heavy atom. The van der Waals surface area contributed by atoms with Crippen LogP contribution >= 0.6 is 0 Å². The molecule has 0 heterocycles. The van der Waals surface area contributed by atoms with E-state index in [1.807, 2.05) is 0 Å². The fourth-order valence-electron chi connectivity index (χ4n) is 6.42. The van der Waals surface area contributed by atoms with Gasteiger partial charge < -0.3 is 10.2 Å². The van der Waals surface area contributed by atoms with E-state index in [-0.39, 0.29) is 41.4 Å². The Kier molecular flexibility index (Phi) is 2.41. The van der Waals surface area contributed by atoms with Gasteiger partial charge in [-0.25, -0.2) is 4.79 Å². The maximum atomic E-state index is 12.0. The number of carboxylic acid groups (broad SMARTS) is 1. The third-order valence-corrected chi connectivity index (χ3v) is 7.66. The third kappa shape index (κ3) is 2.08. The van der Waals surface area contributed by atoms with Crippen molar-refractivity contribution in [2.24, 2.45) is 34.5 Å². The molecule has 8 atom stereocenters. The lowest BCUT2D eigenvalue weighted by molar-refractivity contribution is -0.138. The van der Waals surface area contributed by atoms with Crippen molar-refractivity contribution in [3.05, 3.63) is 11.6 Å². The molecule has 4 aliphatic rings. The fourth-order valence-corrected chi connectivity index (χ4v) is 6.42. The van der Waals surface area contributed by atoms with Crippen LogP contribution in [0.3, 0.4) is 0 Å². The van der Waals surface area contributed by atoms with E-state index in [1.54, 1.807) is 0 Å². The Morgan fingerprint density at radius 3 is 2.91 bits per heavy atom. The van der Waals surface area contributed by atoms with E-state index in [0.717, 1.165) is 32.1 Å².